The first-order valence-electron chi connectivity index (χ1n) is 4.18. The Labute approximate surface area is 85.6 Å². The first-order chi connectivity index (χ1) is 6.77. The second kappa shape index (κ2) is 3.93. The van der Waals surface area contributed by atoms with Gasteiger partial charge >= 0.3 is 0 Å². The van der Waals surface area contributed by atoms with E-state index < -0.39 is 0 Å². The number of nitrogens with two attached hydrogens (primary N) is 1. The van der Waals surface area contributed by atoms with Crippen molar-refractivity contribution >= 4 is 17.6 Å². The number of nitrogens with one attached hydrogen (secondary N) is 1. The van der Waals surface area contributed by atoms with Gasteiger partial charge in [-0.2, -0.15) is 5.10 Å². The van der Waals surface area contributed by atoms with Crippen LogP contribution in [0.15, 0.2) is 17.3 Å². The lowest BCUT2D eigenvalue weighted by Crippen LogP contribution is -2.30. The molecule has 1 aliphatic rings. The number of amidine groups is 1. The fourth-order valence-electron chi connectivity index (χ4n) is 1.05. The second-order valence-corrected chi connectivity index (χ2v) is 4.23. The third-order valence-corrected chi connectivity index (χ3v) is 2.99. The summed E-state index contributed by atoms with van der Waals surface area (Å²) in [6.07, 6.45) is 1.54. The molecule has 2 heterocycles. The van der Waals surface area contributed by atoms with Gasteiger partial charge < -0.3 is 10.5 Å². The minimum atomic E-state index is 0.0302. The fourth-order valence-corrected chi connectivity index (χ4v) is 2.09. The van der Waals surface area contributed by atoms with Gasteiger partial charge in [-0.15, -0.1) is 5.10 Å². The van der Waals surface area contributed by atoms with E-state index >= 15 is 0 Å². The molecule has 1 aromatic rings. The molecule has 3 N–H and O–H groups in total. The molecule has 0 aliphatic carbocycles. The van der Waals surface area contributed by atoms with Crippen molar-refractivity contribution < 1.29 is 4.74 Å². The van der Waals surface area contributed by atoms with Crippen LogP contribution in [0.25, 0.3) is 0 Å². The third-order valence-electron chi connectivity index (χ3n) is 1.86. The highest BCUT2D eigenvalue weighted by atomic mass is 32.2. The van der Waals surface area contributed by atoms with Crippen LogP contribution in [0.2, 0.25) is 0 Å². The highest BCUT2D eigenvalue weighted by molar-refractivity contribution is 8.00. The topological polar surface area (TPSA) is 84.9 Å². The van der Waals surface area contributed by atoms with Crippen molar-refractivity contribution in [2.75, 3.05) is 13.2 Å². The number of ether oxygens (including phenoxy) is 1. The van der Waals surface area contributed by atoms with Gasteiger partial charge in [0, 0.05) is 0 Å². The smallest absolute Gasteiger partial charge is 0.130 e. The molecule has 1 fully saturated rings. The fraction of sp³-hybridized carbons (Fsp3) is 0.375. The summed E-state index contributed by atoms with van der Waals surface area (Å²) in [6.45, 7) is 1.47. The largest absolute Gasteiger partial charge is 0.384 e. The summed E-state index contributed by atoms with van der Waals surface area (Å²) >= 11 is 1.57. The lowest BCUT2D eigenvalue weighted by Gasteiger charge is -2.24. The summed E-state index contributed by atoms with van der Waals surface area (Å²) < 4.78 is 5.05. The van der Waals surface area contributed by atoms with Crippen molar-refractivity contribution in [3.63, 3.8) is 0 Å². The molecule has 5 nitrogen and oxygen atoms in total. The minimum Gasteiger partial charge on any atom is -0.384 e. The summed E-state index contributed by atoms with van der Waals surface area (Å²) in [7, 11) is 0. The number of thioether (sulfide) groups is 1. The van der Waals surface area contributed by atoms with Gasteiger partial charge in [0.05, 0.1) is 30.2 Å². The van der Waals surface area contributed by atoms with Crippen LogP contribution in [0.4, 0.5) is 0 Å². The minimum absolute atomic E-state index is 0.0302. The molecule has 1 aliphatic heterocycles. The number of rotatable bonds is 3. The van der Waals surface area contributed by atoms with Gasteiger partial charge in [0.1, 0.15) is 10.9 Å². The normalized spacial score (nSPS) is 16.3. The van der Waals surface area contributed by atoms with Crippen molar-refractivity contribution in [2.45, 2.75) is 10.3 Å². The third kappa shape index (κ3) is 1.85. The number of aromatic nitrogens is 2. The van der Waals surface area contributed by atoms with Crippen LogP contribution in [-0.2, 0) is 4.74 Å². The van der Waals surface area contributed by atoms with Crippen molar-refractivity contribution in [1.29, 1.82) is 5.41 Å². The Morgan fingerprint density at radius 1 is 1.64 bits per heavy atom. The van der Waals surface area contributed by atoms with Crippen molar-refractivity contribution in [2.24, 2.45) is 5.73 Å². The molecule has 1 aromatic heterocycles. The maximum Gasteiger partial charge on any atom is 0.130 e. The lowest BCUT2D eigenvalue weighted by atomic mass is 10.3. The highest BCUT2D eigenvalue weighted by Gasteiger charge is 2.22. The Morgan fingerprint density at radius 2 is 2.43 bits per heavy atom. The van der Waals surface area contributed by atoms with Crippen LogP contribution < -0.4 is 5.73 Å². The van der Waals surface area contributed by atoms with E-state index in [1.165, 1.54) is 6.20 Å². The standard InChI is InChI=1S/C8H10N4OS/c9-7(10)6-1-2-11-12-8(6)14-5-3-13-4-5/h1-2,5H,3-4H2,(H3,9,10). The number of hydrogen-bond donors (Lipinski definition) is 2. The molecule has 6 heteroatoms. The van der Waals surface area contributed by atoms with Crippen molar-refractivity contribution in [3.05, 3.63) is 17.8 Å². The second-order valence-electron chi connectivity index (χ2n) is 2.94. The zero-order valence-electron chi connectivity index (χ0n) is 7.43. The quantitative estimate of drug-likeness (QED) is 0.552. The van der Waals surface area contributed by atoms with Gasteiger partial charge in [0.15, 0.2) is 0 Å². The first-order valence-corrected chi connectivity index (χ1v) is 5.06. The van der Waals surface area contributed by atoms with Gasteiger partial charge in [-0.05, 0) is 6.07 Å². The molecule has 0 radical (unpaired) electrons. The van der Waals surface area contributed by atoms with E-state index in [1.54, 1.807) is 17.8 Å². The molecule has 0 bridgehead atoms. The molecule has 14 heavy (non-hydrogen) atoms. The molecule has 74 valence electrons. The first kappa shape index (κ1) is 9.42. The van der Waals surface area contributed by atoms with Gasteiger partial charge in [0.25, 0.3) is 0 Å². The monoisotopic (exact) mass is 210 g/mol. The number of hydrogen-bond acceptors (Lipinski definition) is 5. The SMILES string of the molecule is N=C(N)c1ccnnc1SC1COC1. The van der Waals surface area contributed by atoms with E-state index in [0.29, 0.717) is 15.8 Å². The Kier molecular flexibility index (Phi) is 2.64. The maximum atomic E-state index is 7.36. The van der Waals surface area contributed by atoms with Crippen LogP contribution in [0, 0.1) is 5.41 Å². The van der Waals surface area contributed by atoms with Gasteiger partial charge in [0.2, 0.25) is 0 Å². The average Bonchev–Trinajstić information content (AvgIpc) is 2.12. The Bertz CT molecular complexity index is 353. The van der Waals surface area contributed by atoms with Gasteiger partial charge in [-0.1, -0.05) is 11.8 Å². The summed E-state index contributed by atoms with van der Waals surface area (Å²) in [5, 5.41) is 16.2. The molecule has 0 amide bonds. The molecule has 0 spiro atoms. The predicted octanol–water partition coefficient (Wildman–Crippen LogP) is 0.252. The number of nitrogen functional groups attached to an aromatic ring is 1. The van der Waals surface area contributed by atoms with Crippen LogP contribution in [0.5, 0.6) is 0 Å². The van der Waals surface area contributed by atoms with Crippen molar-refractivity contribution in [3.8, 4) is 0 Å². The van der Waals surface area contributed by atoms with Crippen molar-refractivity contribution in [1.82, 2.24) is 10.2 Å². The van der Waals surface area contributed by atoms with Crippen LogP contribution in [-0.4, -0.2) is 34.5 Å². The predicted molar refractivity (Wildman–Crippen MR) is 53.5 cm³/mol. The van der Waals surface area contributed by atoms with E-state index in [0.717, 1.165) is 13.2 Å². The van der Waals surface area contributed by atoms with E-state index in [9.17, 15) is 0 Å². The van der Waals surface area contributed by atoms with E-state index in [4.69, 9.17) is 15.9 Å². The summed E-state index contributed by atoms with van der Waals surface area (Å²) in [5.41, 5.74) is 6.07. The molecule has 1 saturated heterocycles. The molecule has 0 aromatic carbocycles. The summed E-state index contributed by atoms with van der Waals surface area (Å²) in [4.78, 5) is 0. The number of nitrogens with zero attached hydrogens (tertiary/aromatic N) is 2. The zero-order chi connectivity index (χ0) is 9.97. The average molecular weight is 210 g/mol. The van der Waals surface area contributed by atoms with Gasteiger partial charge in [-0.3, -0.25) is 5.41 Å². The van der Waals surface area contributed by atoms with E-state index in [1.807, 2.05) is 0 Å². The molecule has 2 rings (SSSR count). The highest BCUT2D eigenvalue weighted by Crippen LogP contribution is 2.28. The van der Waals surface area contributed by atoms with E-state index in [-0.39, 0.29) is 5.84 Å². The van der Waals surface area contributed by atoms with Crippen LogP contribution in [0.3, 0.4) is 0 Å². The molecule has 0 unspecified atom stereocenters. The summed E-state index contributed by atoms with van der Waals surface area (Å²) in [5.74, 6) is 0.0302. The lowest BCUT2D eigenvalue weighted by molar-refractivity contribution is 0.0454. The molecular weight excluding hydrogens is 200 g/mol. The molecule has 0 saturated carbocycles. The zero-order valence-corrected chi connectivity index (χ0v) is 8.25. The molecular formula is C8H10N4OS. The molecule has 0 atom stereocenters. The van der Waals surface area contributed by atoms with Crippen LogP contribution >= 0.6 is 11.8 Å². The Morgan fingerprint density at radius 3 is 3.00 bits per heavy atom. The Balaban J connectivity index is 2.17. The Hall–Kier alpha value is -1.14. The summed E-state index contributed by atoms with van der Waals surface area (Å²) in [6, 6.07) is 1.71. The van der Waals surface area contributed by atoms with E-state index in [2.05, 4.69) is 10.2 Å². The van der Waals surface area contributed by atoms with Gasteiger partial charge in [-0.25, -0.2) is 0 Å². The van der Waals surface area contributed by atoms with Crippen LogP contribution in [0.1, 0.15) is 5.56 Å². The maximum absolute atomic E-state index is 7.36.